The van der Waals surface area contributed by atoms with Gasteiger partial charge in [-0.3, -0.25) is 4.79 Å². The number of carbonyl (C=O) groups is 4. The molecule has 0 aromatic carbocycles. The second-order valence-electron chi connectivity index (χ2n) is 20.4. The van der Waals surface area contributed by atoms with Gasteiger partial charge in [0.15, 0.2) is 0 Å². The van der Waals surface area contributed by atoms with Crippen LogP contribution in [0.1, 0.15) is 100 Å². The predicted octanol–water partition coefficient (Wildman–Crippen LogP) is 1.86. The molecular formula is C42H69N11O19P2S2. The van der Waals surface area contributed by atoms with Gasteiger partial charge in [0.05, 0.1) is 0 Å². The summed E-state index contributed by atoms with van der Waals surface area (Å²) in [5.41, 5.74) is 9.13. The number of phosphoric ester groups is 1. The van der Waals surface area contributed by atoms with Crippen LogP contribution in [-0.4, -0.2) is 162 Å². The molecule has 3 amide bonds. The number of nitrogens with one attached hydrogen (secondary N) is 3. The van der Waals surface area contributed by atoms with E-state index < -0.39 is 125 Å². The molecule has 2 aliphatic heterocycles. The zero-order valence-corrected chi connectivity index (χ0v) is 46.7. The molecule has 428 valence electrons. The predicted molar refractivity (Wildman–Crippen MR) is 276 cm³/mol. The molecule has 5 rings (SSSR count). The quantitative estimate of drug-likeness (QED) is 0.0213. The third-order valence-corrected chi connectivity index (χ3v) is 15.4. The SMILES string of the molecule is CC(C)(C)OC(=O)N[C@@H](CSSC(C)(C)C)C(=O)NCCCC[C@H](NC(=O)OC(C)(C)C)C(=O)O[C@H]1[C@@H](O)[C@H](n2cnc3c(N)ncnc32)O[C@@H]1CO[PH](O)(O)O[C@H]1C[C@H](n2ccc(N)nc2=O)O[C@@H]1COP(=O)(O)O. The van der Waals surface area contributed by atoms with E-state index in [1.807, 2.05) is 20.8 Å². The molecule has 76 heavy (non-hydrogen) atoms. The van der Waals surface area contributed by atoms with Gasteiger partial charge in [-0.2, -0.15) is 0 Å². The first kappa shape index (κ1) is 62.3. The molecule has 5 heterocycles. The van der Waals surface area contributed by atoms with Crippen molar-refractivity contribution in [3.8, 4) is 0 Å². The summed E-state index contributed by atoms with van der Waals surface area (Å²) in [5, 5.41) is 19.8. The van der Waals surface area contributed by atoms with Crippen LogP contribution in [0.25, 0.3) is 11.2 Å². The minimum atomic E-state index is -5.42. The summed E-state index contributed by atoms with van der Waals surface area (Å²) in [6.07, 6.45) is -8.83. The fourth-order valence-electron chi connectivity index (χ4n) is 7.30. The fraction of sp³-hybridized carbons (Fsp3) is 0.690. The first-order valence-electron chi connectivity index (χ1n) is 23.7. The van der Waals surface area contributed by atoms with E-state index in [4.69, 9.17) is 44.2 Å². The molecule has 2 fully saturated rings. The van der Waals surface area contributed by atoms with Crippen molar-refractivity contribution in [1.82, 2.24) is 45.0 Å². The molecule has 0 aliphatic carbocycles. The van der Waals surface area contributed by atoms with Gasteiger partial charge in [0.25, 0.3) is 0 Å². The Morgan fingerprint density at radius 3 is 2.20 bits per heavy atom. The van der Waals surface area contributed by atoms with Gasteiger partial charge in [-0.1, -0.05) is 42.4 Å². The summed E-state index contributed by atoms with van der Waals surface area (Å²) in [6, 6.07) is -1.14. The number of hydrogen-bond donors (Lipinski definition) is 10. The Morgan fingerprint density at radius 1 is 0.921 bits per heavy atom. The number of esters is 1. The molecule has 30 nitrogen and oxygen atoms in total. The van der Waals surface area contributed by atoms with E-state index in [9.17, 15) is 53.2 Å². The topological polar surface area (TPSA) is 427 Å². The van der Waals surface area contributed by atoms with Crippen LogP contribution in [-0.2, 0) is 51.4 Å². The number of carbonyl (C=O) groups excluding carboxylic acids is 4. The van der Waals surface area contributed by atoms with E-state index in [1.54, 1.807) is 41.5 Å². The van der Waals surface area contributed by atoms with Gasteiger partial charge in [-0.15, -0.1) is 0 Å². The second-order valence-corrected chi connectivity index (χ2v) is 26.4. The van der Waals surface area contributed by atoms with E-state index in [1.165, 1.54) is 44.7 Å². The summed E-state index contributed by atoms with van der Waals surface area (Å²) in [4.78, 5) is 123. The van der Waals surface area contributed by atoms with Crippen molar-refractivity contribution in [2.24, 2.45) is 0 Å². The number of fused-ring (bicyclic) bond motifs is 1. The number of ether oxygens (including phenoxy) is 5. The van der Waals surface area contributed by atoms with Crippen LogP contribution in [0.5, 0.6) is 0 Å². The van der Waals surface area contributed by atoms with Gasteiger partial charge in [-0.05, 0) is 20.8 Å². The van der Waals surface area contributed by atoms with Gasteiger partial charge < -0.3 is 10.1 Å². The molecule has 0 unspecified atom stereocenters. The summed E-state index contributed by atoms with van der Waals surface area (Å²) in [5.74, 6) is -1.50. The average Bonchev–Trinajstić information content (AvgIpc) is 3.97. The molecular weight excluding hydrogens is 1090 g/mol. The summed E-state index contributed by atoms with van der Waals surface area (Å²) in [7, 11) is -7.59. The molecule has 0 spiro atoms. The van der Waals surface area contributed by atoms with Gasteiger partial charge in [0, 0.05) is 10.5 Å². The Balaban J connectivity index is 1.33. The van der Waals surface area contributed by atoms with Crippen LogP contribution in [0.15, 0.2) is 29.7 Å². The maximum atomic E-state index is 14.3. The van der Waals surface area contributed by atoms with Crippen LogP contribution < -0.4 is 33.1 Å². The average molecular weight is 1160 g/mol. The molecule has 12 N–H and O–H groups in total. The Hall–Kier alpha value is -4.53. The van der Waals surface area contributed by atoms with Gasteiger partial charge in [0.2, 0.25) is 5.91 Å². The number of aromatic nitrogens is 6. The zero-order valence-electron chi connectivity index (χ0n) is 43.2. The molecule has 3 aromatic heterocycles. The van der Waals surface area contributed by atoms with Crippen molar-refractivity contribution in [3.63, 3.8) is 0 Å². The molecule has 2 aliphatic rings. The van der Waals surface area contributed by atoms with Gasteiger partial charge in [0.1, 0.15) is 11.6 Å². The number of nitrogens with zero attached hydrogens (tertiary/aromatic N) is 6. The molecule has 9 atom stereocenters. The van der Waals surface area contributed by atoms with Crippen molar-refractivity contribution < 1.29 is 85.7 Å². The van der Waals surface area contributed by atoms with Crippen molar-refractivity contribution in [3.05, 3.63) is 35.4 Å². The van der Waals surface area contributed by atoms with Gasteiger partial charge >= 0.3 is 336 Å². The molecule has 2 saturated heterocycles. The van der Waals surface area contributed by atoms with Crippen LogP contribution >= 0.6 is 37.6 Å². The Morgan fingerprint density at radius 2 is 1.58 bits per heavy atom. The summed E-state index contributed by atoms with van der Waals surface area (Å²) < 4.78 is 58.0. The number of hydrogen-bond acceptors (Lipinski definition) is 25. The maximum absolute atomic E-state index is 14.3. The van der Waals surface area contributed by atoms with E-state index in [0.29, 0.717) is 0 Å². The third-order valence-electron chi connectivity index (χ3n) is 10.5. The fourth-order valence-corrected chi connectivity index (χ4v) is 11.2. The minimum absolute atomic E-state index is 0.0186. The standard InChI is InChI=1S/C42H69N11O19P2S2/c1-40(2,3)70-38(58)49-22(12-10-11-14-45-34(55)23(19-75-76-42(7,8)9)50-39(59)71-41(4,5)6)36(56)69-31-26(68-35(30(31)54)53-21-48-29-32(44)46-20-47-33(29)53)18-66-74(63,64)72-24-16-28(52-15-13-27(43)51-37(52)57)67-25(24)17-65-73(60,61)62/h13,15,20-26,28,30-31,35,54,63-64,74H,10-12,14,16-19H2,1-9H3,(H,45,55)(H,49,58)(H,50,59)(H2,43,51,57)(H2,44,46,47)(H2,60,61,62)/t22-,23-,24-,25+,26+,28+,30+,31+,35+/m0/s1. The third kappa shape index (κ3) is 19.4. The zero-order chi connectivity index (χ0) is 56.6. The van der Waals surface area contributed by atoms with E-state index in [-0.39, 0.29) is 65.5 Å². The number of anilines is 2. The van der Waals surface area contributed by atoms with Crippen molar-refractivity contribution in [2.45, 2.75) is 159 Å². The molecule has 0 saturated carbocycles. The van der Waals surface area contributed by atoms with Gasteiger partial charge in [-0.25, -0.2) is 4.79 Å². The van der Waals surface area contributed by atoms with Crippen LogP contribution in [0.2, 0.25) is 0 Å². The summed E-state index contributed by atoms with van der Waals surface area (Å²) >= 11 is 0. The number of nitrogens with two attached hydrogens (primary N) is 2. The van der Waals surface area contributed by atoms with E-state index in [0.717, 1.165) is 10.9 Å². The first-order chi connectivity index (χ1) is 35.2. The normalized spacial score (nSPS) is 22.4. The molecule has 34 heteroatoms. The number of aliphatic hydroxyl groups is 1. The monoisotopic (exact) mass is 1160 g/mol. The number of phosphoric acid groups is 1. The van der Waals surface area contributed by atoms with Crippen molar-refractivity contribution in [1.29, 1.82) is 0 Å². The Bertz CT molecular complexity index is 2590. The van der Waals surface area contributed by atoms with Crippen molar-refractivity contribution >= 4 is 84.4 Å². The Labute approximate surface area is 445 Å². The first-order valence-corrected chi connectivity index (χ1v) is 29.2. The molecule has 3 aromatic rings. The number of rotatable bonds is 23. The van der Waals surface area contributed by atoms with Crippen molar-refractivity contribution in [2.75, 3.05) is 37.0 Å². The number of amides is 3. The second kappa shape index (κ2) is 26.0. The number of unbranched alkanes of at least 4 members (excludes halogenated alkanes) is 1. The van der Waals surface area contributed by atoms with Crippen LogP contribution in [0.3, 0.4) is 0 Å². The summed E-state index contributed by atoms with van der Waals surface area (Å²) in [6.45, 7) is 14.3. The molecule has 0 bridgehead atoms. The van der Waals surface area contributed by atoms with E-state index in [2.05, 4.69) is 40.4 Å². The van der Waals surface area contributed by atoms with Crippen LogP contribution in [0, 0.1) is 0 Å². The number of nitrogen functional groups attached to an aromatic ring is 2. The number of alkyl carbamates (subject to hydrolysis) is 2. The molecule has 0 radical (unpaired) electrons. The van der Waals surface area contributed by atoms with Crippen LogP contribution in [0.4, 0.5) is 21.2 Å². The number of imidazole rings is 1. The van der Waals surface area contributed by atoms with E-state index >= 15 is 0 Å². The Kier molecular flexibility index (Phi) is 21.3. The number of aliphatic hydroxyl groups excluding tert-OH is 1.